The molecule has 0 amide bonds. The summed E-state index contributed by atoms with van der Waals surface area (Å²) in [5.41, 5.74) is 0. The van der Waals surface area contributed by atoms with E-state index in [4.69, 9.17) is 4.74 Å². The van der Waals surface area contributed by atoms with E-state index in [9.17, 15) is 0 Å². The molecule has 0 saturated carbocycles. The van der Waals surface area contributed by atoms with Gasteiger partial charge in [-0.25, -0.2) is 0 Å². The first-order chi connectivity index (χ1) is 4.43. The van der Waals surface area contributed by atoms with Crippen LogP contribution in [-0.4, -0.2) is 19.1 Å². The lowest BCUT2D eigenvalue weighted by molar-refractivity contribution is 0.0297. The second-order valence-electron chi connectivity index (χ2n) is 1.38. The number of rotatable bonds is 3. The first-order valence-electron chi connectivity index (χ1n) is 2.46. The molecule has 0 aliphatic heterocycles. The zero-order valence-electron chi connectivity index (χ0n) is 5.03. The number of hydrogen-bond acceptors (Lipinski definition) is 4. The molecule has 0 saturated heterocycles. The number of nitrogens with zero attached hydrogens (tertiary/aromatic N) is 1. The summed E-state index contributed by atoms with van der Waals surface area (Å²) in [7, 11) is 1.54. The van der Waals surface area contributed by atoms with Crippen LogP contribution in [0.25, 0.3) is 0 Å². The van der Waals surface area contributed by atoms with E-state index in [1.165, 1.54) is 13.3 Å². The maximum Gasteiger partial charge on any atom is 0.313 e. The van der Waals surface area contributed by atoms with Crippen LogP contribution in [0, 0.1) is 0 Å². The average molecular weight is 129 g/mol. The predicted molar refractivity (Wildman–Crippen MR) is 29.0 cm³/mol. The van der Waals surface area contributed by atoms with Crippen LogP contribution >= 0.6 is 0 Å². The van der Waals surface area contributed by atoms with Crippen LogP contribution in [0.2, 0.25) is 0 Å². The van der Waals surface area contributed by atoms with E-state index in [0.29, 0.717) is 5.95 Å². The molecule has 9 heavy (non-hydrogen) atoms. The fraction of sp³-hybridized carbons (Fsp3) is 0.400. The van der Waals surface area contributed by atoms with Gasteiger partial charge >= 0.3 is 5.95 Å². The Morgan fingerprint density at radius 2 is 2.67 bits per heavy atom. The molecule has 0 N–H and O–H groups in total. The minimum absolute atomic E-state index is 0.190. The van der Waals surface area contributed by atoms with E-state index in [-0.39, 0.29) is 6.79 Å². The quantitative estimate of drug-likeness (QED) is 0.562. The van der Waals surface area contributed by atoms with Gasteiger partial charge in [0, 0.05) is 13.2 Å². The lowest BCUT2D eigenvalue weighted by Crippen LogP contribution is -1.97. The Labute approximate surface area is 52.4 Å². The van der Waals surface area contributed by atoms with Gasteiger partial charge in [0.1, 0.15) is 0 Å². The van der Waals surface area contributed by atoms with Gasteiger partial charge in [0.15, 0.2) is 6.79 Å². The molecule has 0 spiro atoms. The van der Waals surface area contributed by atoms with Gasteiger partial charge in [-0.05, 0) is 0 Å². The maximum atomic E-state index is 4.84. The van der Waals surface area contributed by atoms with Crippen molar-refractivity contribution in [1.82, 2.24) is 5.16 Å². The molecule has 0 bridgehead atoms. The van der Waals surface area contributed by atoms with Crippen molar-refractivity contribution < 1.29 is 14.0 Å². The minimum Gasteiger partial charge on any atom is -0.437 e. The Morgan fingerprint density at radius 1 is 1.78 bits per heavy atom. The van der Waals surface area contributed by atoms with Gasteiger partial charge in [0.25, 0.3) is 0 Å². The van der Waals surface area contributed by atoms with E-state index in [1.807, 2.05) is 0 Å². The Balaban J connectivity index is 2.30. The lowest BCUT2D eigenvalue weighted by atomic mass is 10.7. The topological polar surface area (TPSA) is 44.5 Å². The van der Waals surface area contributed by atoms with Crippen LogP contribution in [-0.2, 0) is 4.74 Å². The summed E-state index contributed by atoms with van der Waals surface area (Å²) in [6, 6.07) is 1.61. The van der Waals surface area contributed by atoms with Crippen molar-refractivity contribution in [1.29, 1.82) is 0 Å². The van der Waals surface area contributed by atoms with Gasteiger partial charge in [0.05, 0.1) is 6.20 Å². The Bertz CT molecular complexity index is 149. The predicted octanol–water partition coefficient (Wildman–Crippen LogP) is 0.657. The Hall–Kier alpha value is -1.03. The number of aromatic nitrogens is 1. The summed E-state index contributed by atoms with van der Waals surface area (Å²) in [5.74, 6) is 0.372. The minimum atomic E-state index is 0.190. The average Bonchev–Trinajstić information content (AvgIpc) is 2.34. The highest BCUT2D eigenvalue weighted by Crippen LogP contribution is 2.05. The number of hydrogen-bond donors (Lipinski definition) is 0. The first-order valence-corrected chi connectivity index (χ1v) is 2.46. The highest BCUT2D eigenvalue weighted by atomic mass is 16.7. The third-order valence-corrected chi connectivity index (χ3v) is 0.733. The fourth-order valence-electron chi connectivity index (χ4n) is 0.396. The molecule has 0 radical (unpaired) electrons. The van der Waals surface area contributed by atoms with Crippen molar-refractivity contribution in [2.75, 3.05) is 13.9 Å². The Morgan fingerprint density at radius 3 is 3.22 bits per heavy atom. The zero-order chi connectivity index (χ0) is 6.53. The summed E-state index contributed by atoms with van der Waals surface area (Å²) < 4.78 is 14.0. The summed E-state index contributed by atoms with van der Waals surface area (Å²) in [4.78, 5) is 0. The third kappa shape index (κ3) is 1.73. The highest BCUT2D eigenvalue weighted by molar-refractivity contribution is 4.98. The lowest BCUT2D eigenvalue weighted by Gasteiger charge is -1.95. The van der Waals surface area contributed by atoms with Gasteiger partial charge in [0.2, 0.25) is 0 Å². The summed E-state index contributed by atoms with van der Waals surface area (Å²) in [6.45, 7) is 0.190. The molecule has 1 aromatic heterocycles. The van der Waals surface area contributed by atoms with Gasteiger partial charge < -0.3 is 14.0 Å². The van der Waals surface area contributed by atoms with Crippen molar-refractivity contribution in [3.63, 3.8) is 0 Å². The maximum absolute atomic E-state index is 4.84. The molecule has 0 atom stereocenters. The number of ether oxygens (including phenoxy) is 2. The highest BCUT2D eigenvalue weighted by Gasteiger charge is 1.92. The largest absolute Gasteiger partial charge is 0.437 e. The van der Waals surface area contributed by atoms with Crippen molar-refractivity contribution in [2.45, 2.75) is 0 Å². The Kier molecular flexibility index (Phi) is 2.09. The second kappa shape index (κ2) is 3.09. The summed E-state index contributed by atoms with van der Waals surface area (Å²) >= 11 is 0. The van der Waals surface area contributed by atoms with E-state index in [1.54, 1.807) is 6.07 Å². The number of methoxy groups -OCH3 is 1. The van der Waals surface area contributed by atoms with Crippen LogP contribution in [0.4, 0.5) is 0 Å². The monoisotopic (exact) mass is 129 g/mol. The SMILES string of the molecule is COCOc1ccno1. The smallest absolute Gasteiger partial charge is 0.313 e. The molecule has 0 aliphatic carbocycles. The molecule has 1 aromatic rings. The fourth-order valence-corrected chi connectivity index (χ4v) is 0.396. The molecule has 0 unspecified atom stereocenters. The molecular formula is C5H7NO3. The summed E-state index contributed by atoms with van der Waals surface area (Å²) in [5, 5.41) is 3.42. The van der Waals surface area contributed by atoms with Gasteiger partial charge in [-0.1, -0.05) is 5.16 Å². The van der Waals surface area contributed by atoms with E-state index >= 15 is 0 Å². The van der Waals surface area contributed by atoms with Gasteiger partial charge in [-0.15, -0.1) is 0 Å². The van der Waals surface area contributed by atoms with Crippen LogP contribution in [0.15, 0.2) is 16.8 Å². The molecule has 0 aromatic carbocycles. The summed E-state index contributed by atoms with van der Waals surface area (Å²) in [6.07, 6.45) is 1.50. The van der Waals surface area contributed by atoms with E-state index in [0.717, 1.165) is 0 Å². The van der Waals surface area contributed by atoms with Crippen LogP contribution in [0.3, 0.4) is 0 Å². The van der Waals surface area contributed by atoms with E-state index < -0.39 is 0 Å². The van der Waals surface area contributed by atoms with Gasteiger partial charge in [-0.3, -0.25) is 0 Å². The van der Waals surface area contributed by atoms with Crippen LogP contribution in [0.1, 0.15) is 0 Å². The molecule has 1 rings (SSSR count). The van der Waals surface area contributed by atoms with Crippen molar-refractivity contribution >= 4 is 0 Å². The standard InChI is InChI=1S/C5H7NO3/c1-7-4-8-5-2-3-6-9-5/h2-3H,4H2,1H3. The van der Waals surface area contributed by atoms with Crippen molar-refractivity contribution in [3.05, 3.63) is 12.3 Å². The van der Waals surface area contributed by atoms with Crippen molar-refractivity contribution in [3.8, 4) is 5.95 Å². The molecule has 4 nitrogen and oxygen atoms in total. The molecule has 50 valence electrons. The molecule has 1 heterocycles. The normalized spacial score (nSPS) is 9.44. The molecule has 0 fully saturated rings. The van der Waals surface area contributed by atoms with Crippen LogP contribution in [0.5, 0.6) is 5.95 Å². The zero-order valence-corrected chi connectivity index (χ0v) is 5.03. The first kappa shape index (κ1) is 6.10. The second-order valence-corrected chi connectivity index (χ2v) is 1.38. The molecule has 4 heteroatoms. The van der Waals surface area contributed by atoms with Crippen LogP contribution < -0.4 is 4.74 Å². The van der Waals surface area contributed by atoms with Gasteiger partial charge in [-0.2, -0.15) is 0 Å². The third-order valence-electron chi connectivity index (χ3n) is 0.733. The van der Waals surface area contributed by atoms with Crippen molar-refractivity contribution in [2.24, 2.45) is 0 Å². The van der Waals surface area contributed by atoms with E-state index in [2.05, 4.69) is 14.4 Å². The molecule has 0 aliphatic rings. The molecular weight excluding hydrogens is 122 g/mol.